The minimum atomic E-state index is -1.13. The number of aliphatic hydroxyl groups excluding tert-OH is 1. The first-order valence-electron chi connectivity index (χ1n) is 7.22. The quantitative estimate of drug-likeness (QED) is 0.727. The Morgan fingerprint density at radius 1 is 1.00 bits per heavy atom. The van der Waals surface area contributed by atoms with Crippen LogP contribution in [-0.4, -0.2) is 29.6 Å². The molecular formula is C17H16F2N2O3. The number of carbonyl (C=O) groups is 2. The molecule has 0 saturated heterocycles. The van der Waals surface area contributed by atoms with Gasteiger partial charge in [-0.1, -0.05) is 30.3 Å². The number of anilines is 1. The first-order chi connectivity index (χ1) is 11.5. The van der Waals surface area contributed by atoms with Crippen molar-refractivity contribution in [2.45, 2.75) is 12.5 Å². The van der Waals surface area contributed by atoms with Crippen molar-refractivity contribution < 1.29 is 23.5 Å². The summed E-state index contributed by atoms with van der Waals surface area (Å²) in [5, 5.41) is 14.3. The van der Waals surface area contributed by atoms with Crippen LogP contribution in [0.4, 0.5) is 14.5 Å². The highest BCUT2D eigenvalue weighted by molar-refractivity contribution is 6.39. The maximum atomic E-state index is 13.0. The molecule has 0 saturated carbocycles. The van der Waals surface area contributed by atoms with Gasteiger partial charge in [0.15, 0.2) is 11.6 Å². The Kier molecular flexibility index (Phi) is 5.97. The van der Waals surface area contributed by atoms with Gasteiger partial charge in [-0.3, -0.25) is 9.59 Å². The summed E-state index contributed by atoms with van der Waals surface area (Å²) in [4.78, 5) is 23.3. The summed E-state index contributed by atoms with van der Waals surface area (Å²) in [5.41, 5.74) is 0.851. The molecule has 24 heavy (non-hydrogen) atoms. The molecule has 0 heterocycles. The fraction of sp³-hybridized carbons (Fsp3) is 0.176. The molecule has 1 atom stereocenters. The topological polar surface area (TPSA) is 78.4 Å². The number of benzene rings is 2. The largest absolute Gasteiger partial charge is 0.391 e. The monoisotopic (exact) mass is 334 g/mol. The van der Waals surface area contributed by atoms with E-state index in [2.05, 4.69) is 10.6 Å². The molecule has 2 amide bonds. The lowest BCUT2D eigenvalue weighted by Gasteiger charge is -2.12. The minimum absolute atomic E-state index is 0.0427. The third-order valence-corrected chi connectivity index (χ3v) is 3.20. The lowest BCUT2D eigenvalue weighted by Crippen LogP contribution is -2.40. The Morgan fingerprint density at radius 3 is 2.38 bits per heavy atom. The highest BCUT2D eigenvalue weighted by atomic mass is 19.2. The second kappa shape index (κ2) is 8.16. The minimum Gasteiger partial charge on any atom is -0.391 e. The predicted molar refractivity (Wildman–Crippen MR) is 84.2 cm³/mol. The van der Waals surface area contributed by atoms with Crippen LogP contribution in [0, 0.1) is 11.6 Å². The first-order valence-corrected chi connectivity index (χ1v) is 7.22. The SMILES string of the molecule is O=C(NCC(O)Cc1ccccc1)C(=O)Nc1ccc(F)c(F)c1. The van der Waals surface area contributed by atoms with Gasteiger partial charge >= 0.3 is 11.8 Å². The van der Waals surface area contributed by atoms with Crippen molar-refractivity contribution in [1.82, 2.24) is 5.32 Å². The van der Waals surface area contributed by atoms with E-state index >= 15 is 0 Å². The van der Waals surface area contributed by atoms with Crippen molar-refractivity contribution in [3.05, 3.63) is 65.7 Å². The summed E-state index contributed by atoms with van der Waals surface area (Å²) in [6, 6.07) is 11.9. The van der Waals surface area contributed by atoms with Gasteiger partial charge in [-0.2, -0.15) is 0 Å². The van der Waals surface area contributed by atoms with Crippen LogP contribution in [0.15, 0.2) is 48.5 Å². The van der Waals surface area contributed by atoms with Crippen LogP contribution in [0.25, 0.3) is 0 Å². The van der Waals surface area contributed by atoms with Gasteiger partial charge in [0.1, 0.15) is 0 Å². The van der Waals surface area contributed by atoms with Crippen molar-refractivity contribution in [3.63, 3.8) is 0 Å². The van der Waals surface area contributed by atoms with Crippen molar-refractivity contribution >= 4 is 17.5 Å². The fourth-order valence-corrected chi connectivity index (χ4v) is 2.01. The van der Waals surface area contributed by atoms with E-state index in [9.17, 15) is 23.5 Å². The number of aliphatic hydroxyl groups is 1. The Morgan fingerprint density at radius 2 is 1.71 bits per heavy atom. The molecule has 0 fully saturated rings. The molecule has 5 nitrogen and oxygen atoms in total. The van der Waals surface area contributed by atoms with Crippen LogP contribution >= 0.6 is 0 Å². The molecule has 7 heteroatoms. The average molecular weight is 334 g/mol. The van der Waals surface area contributed by atoms with Gasteiger partial charge in [0.25, 0.3) is 0 Å². The van der Waals surface area contributed by atoms with E-state index in [4.69, 9.17) is 0 Å². The van der Waals surface area contributed by atoms with Crippen LogP contribution < -0.4 is 10.6 Å². The molecule has 1 unspecified atom stereocenters. The Hall–Kier alpha value is -2.80. The van der Waals surface area contributed by atoms with Crippen LogP contribution in [0.1, 0.15) is 5.56 Å². The van der Waals surface area contributed by atoms with Crippen LogP contribution in [-0.2, 0) is 16.0 Å². The Labute approximate surface area is 137 Å². The molecule has 2 rings (SSSR count). The van der Waals surface area contributed by atoms with E-state index in [1.165, 1.54) is 0 Å². The van der Waals surface area contributed by atoms with Gasteiger partial charge < -0.3 is 15.7 Å². The van der Waals surface area contributed by atoms with E-state index in [0.717, 1.165) is 23.8 Å². The van der Waals surface area contributed by atoms with Gasteiger partial charge in [-0.15, -0.1) is 0 Å². The van der Waals surface area contributed by atoms with Crippen molar-refractivity contribution in [1.29, 1.82) is 0 Å². The number of amides is 2. The molecule has 3 N–H and O–H groups in total. The van der Waals surface area contributed by atoms with Gasteiger partial charge in [0, 0.05) is 24.7 Å². The normalized spacial score (nSPS) is 11.6. The number of halogens is 2. The van der Waals surface area contributed by atoms with Gasteiger partial charge in [-0.05, 0) is 17.7 Å². The third-order valence-electron chi connectivity index (χ3n) is 3.20. The standard InChI is InChI=1S/C17H16F2N2O3/c18-14-7-6-12(9-15(14)19)21-17(24)16(23)20-10-13(22)8-11-4-2-1-3-5-11/h1-7,9,13,22H,8,10H2,(H,20,23)(H,21,24). The van der Waals surface area contributed by atoms with Crippen LogP contribution in [0.5, 0.6) is 0 Å². The predicted octanol–water partition coefficient (Wildman–Crippen LogP) is 1.62. The highest BCUT2D eigenvalue weighted by Crippen LogP contribution is 2.12. The van der Waals surface area contributed by atoms with Crippen molar-refractivity contribution in [2.75, 3.05) is 11.9 Å². The zero-order valence-electron chi connectivity index (χ0n) is 12.6. The Bertz CT molecular complexity index is 723. The van der Waals surface area contributed by atoms with E-state index < -0.39 is 29.6 Å². The van der Waals surface area contributed by atoms with Gasteiger partial charge in [0.2, 0.25) is 0 Å². The molecule has 0 aromatic heterocycles. The van der Waals surface area contributed by atoms with Crippen molar-refractivity contribution in [2.24, 2.45) is 0 Å². The maximum Gasteiger partial charge on any atom is 0.313 e. The molecule has 126 valence electrons. The molecule has 0 aliphatic heterocycles. The number of rotatable bonds is 5. The Balaban J connectivity index is 1.81. The lowest BCUT2D eigenvalue weighted by atomic mass is 10.1. The summed E-state index contributed by atoms with van der Waals surface area (Å²) in [6.07, 6.45) is -0.529. The van der Waals surface area contributed by atoms with E-state index in [1.54, 1.807) is 0 Å². The molecule has 0 spiro atoms. The molecule has 2 aromatic carbocycles. The molecule has 0 bridgehead atoms. The highest BCUT2D eigenvalue weighted by Gasteiger charge is 2.16. The summed E-state index contributed by atoms with van der Waals surface area (Å²) in [5.74, 6) is -4.20. The number of hydrogen-bond donors (Lipinski definition) is 3. The van der Waals surface area contributed by atoms with Crippen LogP contribution in [0.3, 0.4) is 0 Å². The van der Waals surface area contributed by atoms with Gasteiger partial charge in [0.05, 0.1) is 6.10 Å². The molecule has 0 aliphatic carbocycles. The van der Waals surface area contributed by atoms with Gasteiger partial charge in [-0.25, -0.2) is 8.78 Å². The second-order valence-electron chi connectivity index (χ2n) is 5.14. The summed E-state index contributed by atoms with van der Waals surface area (Å²) < 4.78 is 25.8. The fourth-order valence-electron chi connectivity index (χ4n) is 2.01. The lowest BCUT2D eigenvalue weighted by molar-refractivity contribution is -0.136. The molecule has 0 radical (unpaired) electrons. The number of hydrogen-bond acceptors (Lipinski definition) is 3. The molecule has 2 aromatic rings. The smallest absolute Gasteiger partial charge is 0.313 e. The van der Waals surface area contributed by atoms with E-state index in [0.29, 0.717) is 6.42 Å². The molecule has 0 aliphatic rings. The van der Waals surface area contributed by atoms with Crippen molar-refractivity contribution in [3.8, 4) is 0 Å². The second-order valence-corrected chi connectivity index (χ2v) is 5.14. The van der Waals surface area contributed by atoms with E-state index in [1.807, 2.05) is 30.3 Å². The van der Waals surface area contributed by atoms with E-state index in [-0.39, 0.29) is 12.2 Å². The van der Waals surface area contributed by atoms with Crippen LogP contribution in [0.2, 0.25) is 0 Å². The summed E-state index contributed by atoms with van der Waals surface area (Å²) in [7, 11) is 0. The third kappa shape index (κ3) is 5.13. The maximum absolute atomic E-state index is 13.0. The number of carbonyl (C=O) groups excluding carboxylic acids is 2. The first kappa shape index (κ1) is 17.6. The molecular weight excluding hydrogens is 318 g/mol. The summed E-state index contributed by atoms with van der Waals surface area (Å²) >= 11 is 0. The number of nitrogens with one attached hydrogen (secondary N) is 2. The average Bonchev–Trinajstić information content (AvgIpc) is 2.57. The zero-order chi connectivity index (χ0) is 17.5. The zero-order valence-corrected chi connectivity index (χ0v) is 12.6. The summed E-state index contributed by atoms with van der Waals surface area (Å²) in [6.45, 7) is -0.112.